The molecule has 3 unspecified atom stereocenters. The number of carbonyl (C=O) groups is 2. The van der Waals surface area contributed by atoms with Crippen molar-refractivity contribution in [3.63, 3.8) is 0 Å². The Kier molecular flexibility index (Phi) is 46.7. The van der Waals surface area contributed by atoms with Gasteiger partial charge in [-0.1, -0.05) is 202 Å². The summed E-state index contributed by atoms with van der Waals surface area (Å²) in [4.78, 5) is 26.1. The standard InChI is InChI=1S/C56H97NO5/c1-4-7-10-13-16-19-22-25-26-27-28-29-30-31-34-37-40-43-46-49-56(61)62-52(47-44-41-38-35-32-23-20-17-14-11-8-5-2)50-55(60)57-53(51-58)54(59)48-45-42-39-36-33-24-21-18-15-12-9-6-3/h8,11,16-17,19-20,25-26,28-29,31-32,34-35,52-54,58-59H,4-7,9-10,12-15,18,21-24,27,30,33,36-51H2,1-3H3,(H,57,60)/b11-8+,19-16-,20-17+,26-25-,29-28-,34-31-,35-32+. The molecule has 0 aliphatic carbocycles. The Morgan fingerprint density at radius 3 is 1.35 bits per heavy atom. The second-order valence-electron chi connectivity index (χ2n) is 17.2. The summed E-state index contributed by atoms with van der Waals surface area (Å²) in [5, 5.41) is 23.7. The van der Waals surface area contributed by atoms with Crippen LogP contribution in [0.5, 0.6) is 0 Å². The van der Waals surface area contributed by atoms with Gasteiger partial charge in [0, 0.05) is 6.42 Å². The monoisotopic (exact) mass is 864 g/mol. The van der Waals surface area contributed by atoms with Crippen LogP contribution in [0.1, 0.15) is 233 Å². The Hall–Kier alpha value is -2.96. The number of esters is 1. The third-order valence-corrected chi connectivity index (χ3v) is 11.2. The number of amides is 1. The smallest absolute Gasteiger partial charge is 0.306 e. The Labute approximate surface area is 383 Å². The van der Waals surface area contributed by atoms with E-state index in [0.29, 0.717) is 19.3 Å². The largest absolute Gasteiger partial charge is 0.462 e. The lowest BCUT2D eigenvalue weighted by molar-refractivity contribution is -0.151. The number of aliphatic hydroxyl groups excluding tert-OH is 2. The lowest BCUT2D eigenvalue weighted by Crippen LogP contribution is -2.46. The molecule has 0 aromatic rings. The molecule has 0 spiro atoms. The number of ether oxygens (including phenoxy) is 1. The van der Waals surface area contributed by atoms with Gasteiger partial charge in [0.15, 0.2) is 0 Å². The molecule has 0 saturated heterocycles. The first-order valence-corrected chi connectivity index (χ1v) is 25.8. The van der Waals surface area contributed by atoms with E-state index >= 15 is 0 Å². The maximum atomic E-state index is 13.2. The molecule has 0 fully saturated rings. The van der Waals surface area contributed by atoms with Crippen LogP contribution in [-0.2, 0) is 14.3 Å². The van der Waals surface area contributed by atoms with Crippen LogP contribution in [0.15, 0.2) is 85.1 Å². The zero-order valence-electron chi connectivity index (χ0n) is 40.5. The molecule has 6 nitrogen and oxygen atoms in total. The number of aliphatic hydroxyl groups is 2. The molecule has 0 aromatic heterocycles. The Balaban J connectivity index is 4.66. The molecule has 0 aliphatic rings. The van der Waals surface area contributed by atoms with Crippen molar-refractivity contribution in [1.29, 1.82) is 0 Å². The van der Waals surface area contributed by atoms with Gasteiger partial charge in [0.25, 0.3) is 0 Å². The maximum absolute atomic E-state index is 13.2. The van der Waals surface area contributed by atoms with E-state index in [1.54, 1.807) is 0 Å². The molecule has 3 atom stereocenters. The molecule has 1 amide bonds. The van der Waals surface area contributed by atoms with Crippen molar-refractivity contribution in [3.05, 3.63) is 85.1 Å². The van der Waals surface area contributed by atoms with Crippen molar-refractivity contribution in [1.82, 2.24) is 5.32 Å². The fourth-order valence-electron chi connectivity index (χ4n) is 7.31. The summed E-state index contributed by atoms with van der Waals surface area (Å²) in [7, 11) is 0. The number of nitrogens with one attached hydrogen (secondary N) is 1. The average molecular weight is 864 g/mol. The Bertz CT molecular complexity index is 1200. The molecule has 0 saturated carbocycles. The van der Waals surface area contributed by atoms with E-state index in [9.17, 15) is 19.8 Å². The van der Waals surface area contributed by atoms with Crippen LogP contribution < -0.4 is 5.32 Å². The van der Waals surface area contributed by atoms with Crippen molar-refractivity contribution in [2.45, 2.75) is 251 Å². The maximum Gasteiger partial charge on any atom is 0.306 e. The summed E-state index contributed by atoms with van der Waals surface area (Å²) in [5.74, 6) is -0.554. The van der Waals surface area contributed by atoms with E-state index in [0.717, 1.165) is 103 Å². The SMILES string of the molecule is CC/C=C/C/C=C/C/C=C/CCCCC(CC(=O)NC(CO)C(O)CCCCCCCCCCCCCC)OC(=O)CCCCC/C=C\C/C=C\C/C=C\C/C=C\CCCCC. The molecule has 0 rings (SSSR count). The minimum Gasteiger partial charge on any atom is -0.462 e. The van der Waals surface area contributed by atoms with E-state index in [1.807, 2.05) is 0 Å². The van der Waals surface area contributed by atoms with Crippen LogP contribution in [0.25, 0.3) is 0 Å². The van der Waals surface area contributed by atoms with Gasteiger partial charge < -0.3 is 20.3 Å². The molecule has 3 N–H and O–H groups in total. The van der Waals surface area contributed by atoms with Gasteiger partial charge in [0.1, 0.15) is 6.10 Å². The van der Waals surface area contributed by atoms with Crippen molar-refractivity contribution in [2.24, 2.45) is 0 Å². The van der Waals surface area contributed by atoms with Crippen LogP contribution in [0.4, 0.5) is 0 Å². The highest BCUT2D eigenvalue weighted by molar-refractivity contribution is 5.77. The Morgan fingerprint density at radius 1 is 0.484 bits per heavy atom. The van der Waals surface area contributed by atoms with Crippen molar-refractivity contribution in [3.8, 4) is 0 Å². The first-order chi connectivity index (χ1) is 30.5. The van der Waals surface area contributed by atoms with Gasteiger partial charge in [-0.15, -0.1) is 0 Å². The Morgan fingerprint density at radius 2 is 0.871 bits per heavy atom. The zero-order chi connectivity index (χ0) is 45.2. The summed E-state index contributed by atoms with van der Waals surface area (Å²) in [6, 6.07) is -0.724. The van der Waals surface area contributed by atoms with Gasteiger partial charge in [-0.2, -0.15) is 0 Å². The van der Waals surface area contributed by atoms with E-state index in [1.165, 1.54) is 83.5 Å². The molecule has 0 aliphatic heterocycles. The minimum absolute atomic E-state index is 0.0345. The summed E-state index contributed by atoms with van der Waals surface area (Å²) < 4.78 is 5.90. The van der Waals surface area contributed by atoms with Gasteiger partial charge >= 0.3 is 5.97 Å². The molecule has 0 heterocycles. The molecule has 0 bridgehead atoms. The van der Waals surface area contributed by atoms with E-state index < -0.39 is 18.2 Å². The first-order valence-electron chi connectivity index (χ1n) is 25.8. The summed E-state index contributed by atoms with van der Waals surface area (Å²) in [6.07, 6.45) is 63.6. The molecular weight excluding hydrogens is 767 g/mol. The van der Waals surface area contributed by atoms with Crippen LogP contribution in [-0.4, -0.2) is 46.9 Å². The van der Waals surface area contributed by atoms with E-state index in [4.69, 9.17) is 4.74 Å². The highest BCUT2D eigenvalue weighted by atomic mass is 16.5. The van der Waals surface area contributed by atoms with Crippen molar-refractivity contribution < 1.29 is 24.5 Å². The number of hydrogen-bond acceptors (Lipinski definition) is 5. The zero-order valence-corrected chi connectivity index (χ0v) is 40.5. The van der Waals surface area contributed by atoms with Gasteiger partial charge in [-0.3, -0.25) is 9.59 Å². The molecule has 356 valence electrons. The van der Waals surface area contributed by atoms with Crippen molar-refractivity contribution in [2.75, 3.05) is 6.61 Å². The molecule has 6 heteroatoms. The first kappa shape index (κ1) is 59.0. The highest BCUT2D eigenvalue weighted by Crippen LogP contribution is 2.17. The van der Waals surface area contributed by atoms with Crippen LogP contribution in [0, 0.1) is 0 Å². The highest BCUT2D eigenvalue weighted by Gasteiger charge is 2.24. The third-order valence-electron chi connectivity index (χ3n) is 11.2. The molecule has 0 radical (unpaired) electrons. The van der Waals surface area contributed by atoms with Crippen LogP contribution in [0.2, 0.25) is 0 Å². The topological polar surface area (TPSA) is 95.9 Å². The van der Waals surface area contributed by atoms with Crippen LogP contribution in [0.3, 0.4) is 0 Å². The number of allylic oxidation sites excluding steroid dienone is 14. The van der Waals surface area contributed by atoms with E-state index in [2.05, 4.69) is 111 Å². The summed E-state index contributed by atoms with van der Waals surface area (Å²) in [5.41, 5.74) is 0. The second kappa shape index (κ2) is 49.1. The predicted octanol–water partition coefficient (Wildman–Crippen LogP) is 15.6. The number of rotatable bonds is 45. The third kappa shape index (κ3) is 43.7. The fourth-order valence-corrected chi connectivity index (χ4v) is 7.31. The quantitative estimate of drug-likeness (QED) is 0.0322. The second-order valence-corrected chi connectivity index (χ2v) is 17.2. The number of hydrogen-bond donors (Lipinski definition) is 3. The number of unbranched alkanes of at least 4 members (excludes halogenated alkanes) is 19. The van der Waals surface area contributed by atoms with Gasteiger partial charge in [0.2, 0.25) is 5.91 Å². The predicted molar refractivity (Wildman–Crippen MR) is 268 cm³/mol. The van der Waals surface area contributed by atoms with Gasteiger partial charge in [0.05, 0.1) is 25.2 Å². The summed E-state index contributed by atoms with van der Waals surface area (Å²) in [6.45, 7) is 6.31. The minimum atomic E-state index is -0.807. The molecular formula is C56H97NO5. The van der Waals surface area contributed by atoms with Crippen molar-refractivity contribution >= 4 is 11.9 Å². The normalized spacial score (nSPS) is 14.0. The van der Waals surface area contributed by atoms with E-state index in [-0.39, 0.29) is 24.9 Å². The fraction of sp³-hybridized carbons (Fsp3) is 0.714. The van der Waals surface area contributed by atoms with Crippen LogP contribution >= 0.6 is 0 Å². The average Bonchev–Trinajstić information content (AvgIpc) is 3.26. The molecule has 0 aromatic carbocycles. The lowest BCUT2D eigenvalue weighted by Gasteiger charge is -2.24. The van der Waals surface area contributed by atoms with Gasteiger partial charge in [-0.05, 0) is 103 Å². The molecule has 62 heavy (non-hydrogen) atoms. The summed E-state index contributed by atoms with van der Waals surface area (Å²) >= 11 is 0. The van der Waals surface area contributed by atoms with Gasteiger partial charge in [-0.25, -0.2) is 0 Å². The lowest BCUT2D eigenvalue weighted by atomic mass is 10.0. The number of carbonyl (C=O) groups excluding carboxylic acids is 2.